The molecule has 1 rings (SSSR count). The summed E-state index contributed by atoms with van der Waals surface area (Å²) in [7, 11) is 0. The SMILES string of the molecule is CCC(=O)Oc1ccccc1OC(=O)C(C)CC. The summed E-state index contributed by atoms with van der Waals surface area (Å²) >= 11 is 0. The molecule has 0 saturated carbocycles. The van der Waals surface area contributed by atoms with E-state index < -0.39 is 0 Å². The van der Waals surface area contributed by atoms with Crippen LogP contribution in [0, 0.1) is 5.92 Å². The number of esters is 2. The van der Waals surface area contributed by atoms with Crippen molar-refractivity contribution in [1.29, 1.82) is 0 Å². The molecule has 0 fully saturated rings. The van der Waals surface area contributed by atoms with Crippen molar-refractivity contribution < 1.29 is 19.1 Å². The van der Waals surface area contributed by atoms with Gasteiger partial charge in [0.15, 0.2) is 11.5 Å². The van der Waals surface area contributed by atoms with E-state index in [0.29, 0.717) is 6.42 Å². The third-order valence-corrected chi connectivity index (χ3v) is 2.59. The largest absolute Gasteiger partial charge is 0.423 e. The van der Waals surface area contributed by atoms with Crippen molar-refractivity contribution in [2.24, 2.45) is 5.92 Å². The van der Waals surface area contributed by atoms with E-state index in [1.165, 1.54) is 0 Å². The molecule has 0 aliphatic heterocycles. The Hall–Kier alpha value is -1.84. The Balaban J connectivity index is 2.82. The van der Waals surface area contributed by atoms with Crippen LogP contribution in [-0.2, 0) is 9.59 Å². The van der Waals surface area contributed by atoms with Crippen LogP contribution in [-0.4, -0.2) is 11.9 Å². The van der Waals surface area contributed by atoms with E-state index in [1.807, 2.05) is 6.92 Å². The molecule has 4 nitrogen and oxygen atoms in total. The number of ether oxygens (including phenoxy) is 2. The molecule has 4 heteroatoms. The summed E-state index contributed by atoms with van der Waals surface area (Å²) in [5.74, 6) is -0.301. The van der Waals surface area contributed by atoms with Crippen LogP contribution in [0.15, 0.2) is 24.3 Å². The minimum absolute atomic E-state index is 0.181. The molecule has 1 atom stereocenters. The van der Waals surface area contributed by atoms with Crippen molar-refractivity contribution >= 4 is 11.9 Å². The molecule has 18 heavy (non-hydrogen) atoms. The topological polar surface area (TPSA) is 52.6 Å². The molecular formula is C14H18O4. The van der Waals surface area contributed by atoms with Crippen LogP contribution in [0.4, 0.5) is 0 Å². The van der Waals surface area contributed by atoms with Gasteiger partial charge in [0.05, 0.1) is 5.92 Å². The number of para-hydroxylation sites is 2. The van der Waals surface area contributed by atoms with Crippen LogP contribution in [0.1, 0.15) is 33.6 Å². The highest BCUT2D eigenvalue weighted by Crippen LogP contribution is 2.27. The normalized spacial score (nSPS) is 11.7. The second-order valence-corrected chi connectivity index (χ2v) is 4.00. The fourth-order valence-corrected chi connectivity index (χ4v) is 1.19. The average Bonchev–Trinajstić information content (AvgIpc) is 2.39. The second-order valence-electron chi connectivity index (χ2n) is 4.00. The van der Waals surface area contributed by atoms with E-state index >= 15 is 0 Å². The third-order valence-electron chi connectivity index (χ3n) is 2.59. The highest BCUT2D eigenvalue weighted by atomic mass is 16.6. The zero-order chi connectivity index (χ0) is 13.5. The van der Waals surface area contributed by atoms with Crippen LogP contribution in [0.5, 0.6) is 11.5 Å². The molecule has 0 aromatic heterocycles. The molecule has 98 valence electrons. The van der Waals surface area contributed by atoms with Crippen LogP contribution in [0.3, 0.4) is 0 Å². The molecule has 1 aromatic carbocycles. The Bertz CT molecular complexity index is 426. The zero-order valence-corrected chi connectivity index (χ0v) is 10.9. The van der Waals surface area contributed by atoms with Crippen molar-refractivity contribution in [2.45, 2.75) is 33.6 Å². The van der Waals surface area contributed by atoms with Gasteiger partial charge in [-0.15, -0.1) is 0 Å². The lowest BCUT2D eigenvalue weighted by Gasteiger charge is -2.12. The number of carbonyl (C=O) groups excluding carboxylic acids is 2. The molecule has 0 N–H and O–H groups in total. The van der Waals surface area contributed by atoms with Crippen LogP contribution in [0.2, 0.25) is 0 Å². The van der Waals surface area contributed by atoms with E-state index in [1.54, 1.807) is 38.1 Å². The Morgan fingerprint density at radius 1 is 1.11 bits per heavy atom. The van der Waals surface area contributed by atoms with Crippen LogP contribution in [0.25, 0.3) is 0 Å². The number of hydrogen-bond acceptors (Lipinski definition) is 4. The van der Waals surface area contributed by atoms with Gasteiger partial charge in [0, 0.05) is 6.42 Å². The second kappa shape index (κ2) is 6.79. The van der Waals surface area contributed by atoms with Gasteiger partial charge in [-0.2, -0.15) is 0 Å². The van der Waals surface area contributed by atoms with Gasteiger partial charge < -0.3 is 9.47 Å². The monoisotopic (exact) mass is 250 g/mol. The number of hydrogen-bond donors (Lipinski definition) is 0. The minimum atomic E-state index is -0.359. The molecule has 0 heterocycles. The number of carbonyl (C=O) groups is 2. The molecule has 0 radical (unpaired) electrons. The molecule has 0 aliphatic rings. The predicted molar refractivity (Wildman–Crippen MR) is 67.5 cm³/mol. The van der Waals surface area contributed by atoms with Gasteiger partial charge in [-0.25, -0.2) is 0 Å². The molecule has 1 unspecified atom stereocenters. The molecule has 0 saturated heterocycles. The minimum Gasteiger partial charge on any atom is -0.423 e. The van der Waals surface area contributed by atoms with Crippen molar-refractivity contribution in [3.05, 3.63) is 24.3 Å². The first-order chi connectivity index (χ1) is 8.58. The molecule has 0 spiro atoms. The van der Waals surface area contributed by atoms with Crippen LogP contribution >= 0.6 is 0 Å². The molecular weight excluding hydrogens is 232 g/mol. The van der Waals surface area contributed by atoms with Gasteiger partial charge in [-0.05, 0) is 18.6 Å². The van der Waals surface area contributed by atoms with Gasteiger partial charge in [-0.3, -0.25) is 9.59 Å². The maximum atomic E-state index is 11.7. The summed E-state index contributed by atoms with van der Waals surface area (Å²) in [6.07, 6.45) is 0.976. The molecule has 0 bridgehead atoms. The summed E-state index contributed by atoms with van der Waals surface area (Å²) < 4.78 is 10.3. The lowest BCUT2D eigenvalue weighted by atomic mass is 10.1. The summed E-state index contributed by atoms with van der Waals surface area (Å²) in [6, 6.07) is 6.66. The van der Waals surface area contributed by atoms with Crippen molar-refractivity contribution in [2.75, 3.05) is 0 Å². The lowest BCUT2D eigenvalue weighted by Crippen LogP contribution is -2.18. The van der Waals surface area contributed by atoms with Crippen molar-refractivity contribution in [3.63, 3.8) is 0 Å². The predicted octanol–water partition coefficient (Wildman–Crippen LogP) is 2.95. The Morgan fingerprint density at radius 2 is 1.67 bits per heavy atom. The van der Waals surface area contributed by atoms with E-state index in [0.717, 1.165) is 0 Å². The smallest absolute Gasteiger partial charge is 0.314 e. The summed E-state index contributed by atoms with van der Waals surface area (Å²) in [5.41, 5.74) is 0. The Morgan fingerprint density at radius 3 is 2.17 bits per heavy atom. The average molecular weight is 250 g/mol. The fraction of sp³-hybridized carbons (Fsp3) is 0.429. The Kier molecular flexibility index (Phi) is 5.36. The first-order valence-electron chi connectivity index (χ1n) is 6.09. The van der Waals surface area contributed by atoms with E-state index in [4.69, 9.17) is 9.47 Å². The first-order valence-corrected chi connectivity index (χ1v) is 6.09. The zero-order valence-electron chi connectivity index (χ0n) is 10.9. The summed E-state index contributed by atoms with van der Waals surface area (Å²) in [5, 5.41) is 0. The molecule has 0 amide bonds. The van der Waals surface area contributed by atoms with Crippen LogP contribution < -0.4 is 9.47 Å². The van der Waals surface area contributed by atoms with Crippen molar-refractivity contribution in [3.8, 4) is 11.5 Å². The highest BCUT2D eigenvalue weighted by molar-refractivity contribution is 5.77. The standard InChI is InChI=1S/C14H18O4/c1-4-10(3)14(16)18-12-9-7-6-8-11(12)17-13(15)5-2/h6-10H,4-5H2,1-3H3. The van der Waals surface area contributed by atoms with Crippen molar-refractivity contribution in [1.82, 2.24) is 0 Å². The first kappa shape index (κ1) is 14.2. The van der Waals surface area contributed by atoms with Gasteiger partial charge in [0.2, 0.25) is 0 Å². The van der Waals surface area contributed by atoms with E-state index in [-0.39, 0.29) is 35.8 Å². The van der Waals surface area contributed by atoms with Gasteiger partial charge in [-0.1, -0.05) is 32.9 Å². The third kappa shape index (κ3) is 3.87. The quantitative estimate of drug-likeness (QED) is 0.595. The van der Waals surface area contributed by atoms with E-state index in [9.17, 15) is 9.59 Å². The number of rotatable bonds is 5. The van der Waals surface area contributed by atoms with Gasteiger partial charge >= 0.3 is 11.9 Å². The van der Waals surface area contributed by atoms with Gasteiger partial charge in [0.1, 0.15) is 0 Å². The van der Waals surface area contributed by atoms with E-state index in [2.05, 4.69) is 0 Å². The number of benzene rings is 1. The summed E-state index contributed by atoms with van der Waals surface area (Å²) in [6.45, 7) is 5.41. The maximum Gasteiger partial charge on any atom is 0.314 e. The molecule has 0 aliphatic carbocycles. The highest BCUT2D eigenvalue weighted by Gasteiger charge is 2.16. The Labute approximate surface area is 107 Å². The lowest BCUT2D eigenvalue weighted by molar-refractivity contribution is -0.139. The molecule has 1 aromatic rings. The summed E-state index contributed by atoms with van der Waals surface area (Å²) in [4.78, 5) is 22.9. The fourth-order valence-electron chi connectivity index (χ4n) is 1.19. The maximum absolute atomic E-state index is 11.7. The van der Waals surface area contributed by atoms with Gasteiger partial charge in [0.25, 0.3) is 0 Å².